The molecule has 1 amide bonds. The molecule has 0 bridgehead atoms. The largest absolute Gasteiger partial charge is 0.390 e. The first-order valence-corrected chi connectivity index (χ1v) is 10.1. The van der Waals surface area contributed by atoms with Gasteiger partial charge in [-0.3, -0.25) is 9.69 Å². The molecule has 1 aromatic heterocycles. The van der Waals surface area contributed by atoms with Crippen LogP contribution in [0.1, 0.15) is 16.1 Å². The van der Waals surface area contributed by atoms with E-state index in [4.69, 9.17) is 4.74 Å². The van der Waals surface area contributed by atoms with E-state index in [1.807, 2.05) is 53.1 Å². The Morgan fingerprint density at radius 1 is 1.07 bits per heavy atom. The highest BCUT2D eigenvalue weighted by Crippen LogP contribution is 2.21. The van der Waals surface area contributed by atoms with Crippen LogP contribution in [0.4, 0.5) is 0 Å². The molecule has 2 N–H and O–H groups in total. The average Bonchev–Trinajstić information content (AvgIpc) is 3.12. The van der Waals surface area contributed by atoms with Gasteiger partial charge in [-0.25, -0.2) is 0 Å². The molecular formula is C23H27N3O3. The Morgan fingerprint density at radius 2 is 1.79 bits per heavy atom. The number of hydrogen-bond donors (Lipinski definition) is 2. The van der Waals surface area contributed by atoms with E-state index in [1.165, 1.54) is 0 Å². The van der Waals surface area contributed by atoms with E-state index in [0.29, 0.717) is 32.0 Å². The predicted octanol–water partition coefficient (Wildman–Crippen LogP) is 2.11. The SMILES string of the molecule is O=C(NCC(O)CN1CCOCC1)c1cc2ccccc2n1Cc1ccccc1. The number of nitrogens with zero attached hydrogens (tertiary/aromatic N) is 2. The first-order chi connectivity index (χ1) is 14.2. The molecule has 1 saturated heterocycles. The third-order valence-corrected chi connectivity index (χ3v) is 5.30. The van der Waals surface area contributed by atoms with Crippen molar-refractivity contribution in [2.75, 3.05) is 39.4 Å². The topological polar surface area (TPSA) is 66.7 Å². The zero-order valence-electron chi connectivity index (χ0n) is 16.5. The second-order valence-electron chi connectivity index (χ2n) is 7.44. The number of carbonyl (C=O) groups excluding carboxylic acids is 1. The van der Waals surface area contributed by atoms with Gasteiger partial charge in [-0.1, -0.05) is 48.5 Å². The standard InChI is InChI=1S/C23H27N3O3/c27-20(17-25-10-12-29-13-11-25)15-24-23(28)22-14-19-8-4-5-9-21(19)26(22)16-18-6-2-1-3-7-18/h1-9,14,20,27H,10-13,15-17H2,(H,24,28). The number of nitrogens with one attached hydrogen (secondary N) is 1. The number of ether oxygens (including phenoxy) is 1. The molecule has 152 valence electrons. The number of aromatic nitrogens is 1. The number of hydrogen-bond acceptors (Lipinski definition) is 4. The summed E-state index contributed by atoms with van der Waals surface area (Å²) in [5.41, 5.74) is 2.76. The number of fused-ring (bicyclic) bond motifs is 1. The summed E-state index contributed by atoms with van der Waals surface area (Å²) in [6.07, 6.45) is -0.607. The summed E-state index contributed by atoms with van der Waals surface area (Å²) < 4.78 is 7.37. The number of aliphatic hydroxyl groups is 1. The number of para-hydroxylation sites is 1. The monoisotopic (exact) mass is 393 g/mol. The Kier molecular flexibility index (Phi) is 6.24. The molecule has 3 aromatic rings. The second kappa shape index (κ2) is 9.22. The van der Waals surface area contributed by atoms with E-state index < -0.39 is 6.10 Å². The van der Waals surface area contributed by atoms with Gasteiger partial charge in [-0.15, -0.1) is 0 Å². The molecule has 1 atom stereocenters. The Bertz CT molecular complexity index is 948. The first-order valence-electron chi connectivity index (χ1n) is 10.1. The molecule has 1 fully saturated rings. The van der Waals surface area contributed by atoms with Gasteiger partial charge in [0.25, 0.3) is 5.91 Å². The fourth-order valence-corrected chi connectivity index (χ4v) is 3.78. The second-order valence-corrected chi connectivity index (χ2v) is 7.44. The molecule has 0 aliphatic carbocycles. The van der Waals surface area contributed by atoms with Gasteiger partial charge < -0.3 is 19.7 Å². The lowest BCUT2D eigenvalue weighted by molar-refractivity contribution is 0.0149. The van der Waals surface area contributed by atoms with Crippen molar-refractivity contribution in [2.45, 2.75) is 12.6 Å². The van der Waals surface area contributed by atoms with Crippen LogP contribution >= 0.6 is 0 Å². The third-order valence-electron chi connectivity index (χ3n) is 5.30. The van der Waals surface area contributed by atoms with Crippen molar-refractivity contribution >= 4 is 16.8 Å². The zero-order chi connectivity index (χ0) is 20.1. The predicted molar refractivity (Wildman–Crippen MR) is 113 cm³/mol. The van der Waals surface area contributed by atoms with Crippen molar-refractivity contribution in [3.63, 3.8) is 0 Å². The van der Waals surface area contributed by atoms with Crippen LogP contribution in [-0.4, -0.2) is 66.0 Å². The Hall–Kier alpha value is -2.67. The van der Waals surface area contributed by atoms with Crippen molar-refractivity contribution in [2.24, 2.45) is 0 Å². The molecular weight excluding hydrogens is 366 g/mol. The summed E-state index contributed by atoms with van der Waals surface area (Å²) in [6.45, 7) is 4.40. The summed E-state index contributed by atoms with van der Waals surface area (Å²) in [5, 5.41) is 14.3. The minimum absolute atomic E-state index is 0.168. The van der Waals surface area contributed by atoms with Gasteiger partial charge in [-0.05, 0) is 17.7 Å². The van der Waals surface area contributed by atoms with E-state index in [-0.39, 0.29) is 12.5 Å². The van der Waals surface area contributed by atoms with Crippen LogP contribution in [-0.2, 0) is 11.3 Å². The van der Waals surface area contributed by atoms with Crippen LogP contribution in [0.3, 0.4) is 0 Å². The number of aliphatic hydroxyl groups excluding tert-OH is 1. The highest BCUT2D eigenvalue weighted by Gasteiger charge is 2.19. The van der Waals surface area contributed by atoms with E-state index in [0.717, 1.165) is 29.6 Å². The van der Waals surface area contributed by atoms with E-state index in [2.05, 4.69) is 22.3 Å². The molecule has 0 radical (unpaired) electrons. The number of carbonyl (C=O) groups is 1. The highest BCUT2D eigenvalue weighted by molar-refractivity contribution is 5.98. The molecule has 0 spiro atoms. The van der Waals surface area contributed by atoms with Crippen molar-refractivity contribution in [1.29, 1.82) is 0 Å². The van der Waals surface area contributed by atoms with E-state index in [1.54, 1.807) is 0 Å². The summed E-state index contributed by atoms with van der Waals surface area (Å²) >= 11 is 0. The summed E-state index contributed by atoms with van der Waals surface area (Å²) in [6, 6.07) is 20.0. The van der Waals surface area contributed by atoms with Crippen LogP contribution in [0, 0.1) is 0 Å². The first kappa shape index (κ1) is 19.6. The van der Waals surface area contributed by atoms with Crippen LogP contribution in [0.25, 0.3) is 10.9 Å². The lowest BCUT2D eigenvalue weighted by Gasteiger charge is -2.28. The van der Waals surface area contributed by atoms with E-state index in [9.17, 15) is 9.90 Å². The molecule has 6 nitrogen and oxygen atoms in total. The molecule has 0 saturated carbocycles. The van der Waals surface area contributed by atoms with Crippen LogP contribution in [0.15, 0.2) is 60.7 Å². The lowest BCUT2D eigenvalue weighted by Crippen LogP contribution is -2.44. The van der Waals surface area contributed by atoms with Gasteiger partial charge in [-0.2, -0.15) is 0 Å². The maximum absolute atomic E-state index is 12.9. The lowest BCUT2D eigenvalue weighted by atomic mass is 10.2. The molecule has 2 aromatic carbocycles. The zero-order valence-corrected chi connectivity index (χ0v) is 16.5. The fourth-order valence-electron chi connectivity index (χ4n) is 3.78. The number of benzene rings is 2. The maximum atomic E-state index is 12.9. The summed E-state index contributed by atoms with van der Waals surface area (Å²) in [4.78, 5) is 15.1. The molecule has 29 heavy (non-hydrogen) atoms. The Labute approximate surface area is 170 Å². The van der Waals surface area contributed by atoms with Gasteiger partial charge in [0, 0.05) is 43.6 Å². The number of β-amino-alcohol motifs (C(OH)–C–C–N with tert-alkyl or cyclic N) is 1. The van der Waals surface area contributed by atoms with Crippen molar-refractivity contribution in [1.82, 2.24) is 14.8 Å². The van der Waals surface area contributed by atoms with Crippen LogP contribution in [0.2, 0.25) is 0 Å². The summed E-state index contributed by atoms with van der Waals surface area (Å²) in [7, 11) is 0. The molecule has 1 unspecified atom stereocenters. The number of rotatable bonds is 7. The number of morpholine rings is 1. The molecule has 1 aliphatic rings. The van der Waals surface area contributed by atoms with Crippen LogP contribution in [0.5, 0.6) is 0 Å². The van der Waals surface area contributed by atoms with Gasteiger partial charge in [0.15, 0.2) is 0 Å². The fraction of sp³-hybridized carbons (Fsp3) is 0.348. The minimum Gasteiger partial charge on any atom is -0.390 e. The Morgan fingerprint density at radius 3 is 2.59 bits per heavy atom. The quantitative estimate of drug-likeness (QED) is 0.645. The van der Waals surface area contributed by atoms with Gasteiger partial charge in [0.2, 0.25) is 0 Å². The van der Waals surface area contributed by atoms with Crippen molar-refractivity contribution in [3.05, 3.63) is 71.9 Å². The van der Waals surface area contributed by atoms with Crippen LogP contribution < -0.4 is 5.32 Å². The normalized spacial score (nSPS) is 16.0. The number of amides is 1. The smallest absolute Gasteiger partial charge is 0.268 e. The molecule has 4 rings (SSSR count). The van der Waals surface area contributed by atoms with Crippen molar-refractivity contribution in [3.8, 4) is 0 Å². The van der Waals surface area contributed by atoms with Gasteiger partial charge in [0.05, 0.1) is 19.3 Å². The molecule has 6 heteroatoms. The average molecular weight is 393 g/mol. The van der Waals surface area contributed by atoms with Gasteiger partial charge >= 0.3 is 0 Å². The third kappa shape index (κ3) is 4.85. The van der Waals surface area contributed by atoms with Gasteiger partial charge in [0.1, 0.15) is 5.69 Å². The molecule has 2 heterocycles. The summed E-state index contributed by atoms with van der Waals surface area (Å²) in [5.74, 6) is -0.168. The maximum Gasteiger partial charge on any atom is 0.268 e. The highest BCUT2D eigenvalue weighted by atomic mass is 16.5. The van der Waals surface area contributed by atoms with E-state index >= 15 is 0 Å². The Balaban J connectivity index is 1.47. The molecule has 1 aliphatic heterocycles. The minimum atomic E-state index is -0.607. The van der Waals surface area contributed by atoms with Crippen molar-refractivity contribution < 1.29 is 14.6 Å².